The number of methoxy groups -OCH3 is 2. The third-order valence-electron chi connectivity index (χ3n) is 6.86. The minimum absolute atomic E-state index is 0.0670. The number of esters is 2. The number of aliphatic hydroxyl groups excluding tert-OH is 1. The van der Waals surface area contributed by atoms with Crippen LogP contribution in [0.4, 0.5) is 17.6 Å². The van der Waals surface area contributed by atoms with Crippen molar-refractivity contribution in [3.8, 4) is 0 Å². The fourth-order valence-electron chi connectivity index (χ4n) is 4.29. The first-order valence-electron chi connectivity index (χ1n) is 14.7. The molecule has 1 N–H and O–H groups in total. The van der Waals surface area contributed by atoms with Gasteiger partial charge < -0.3 is 24.1 Å². The Hall–Kier alpha value is -4.90. The van der Waals surface area contributed by atoms with E-state index in [1.165, 1.54) is 7.11 Å². The standard InChI is InChI=1S/C27H36F4N6O13/c1-4-7-32-22(41)33(24(43)34(23(32)42)9-6-17(40)50-21(31)19(29)18(28)20(30)48-3)8-5-16(39)49-15-12-37-26(45)35(10-13-38)25(44)36(27(37)46)11-14-47-2/h4,18-21,38H,1,5-15H2,2-3H3. The number of hydrogen-bond acceptors (Lipinski definition) is 13. The minimum Gasteiger partial charge on any atom is -0.464 e. The van der Waals surface area contributed by atoms with Gasteiger partial charge in [-0.2, -0.15) is 4.39 Å². The number of ether oxygens (including phenoxy) is 4. The van der Waals surface area contributed by atoms with Crippen molar-refractivity contribution in [2.24, 2.45) is 0 Å². The van der Waals surface area contributed by atoms with Crippen LogP contribution in [0.3, 0.4) is 0 Å². The third kappa shape index (κ3) is 10.1. The lowest BCUT2D eigenvalue weighted by molar-refractivity contribution is -0.177. The largest absolute Gasteiger partial charge is 0.464 e. The van der Waals surface area contributed by atoms with E-state index < -0.39 is 130 Å². The number of aromatic nitrogens is 6. The SMILES string of the molecule is C=CCn1c(=O)n(CCC(=O)OCCn2c(=O)n(CCO)c(=O)n(CCOC)c2=O)c(=O)n(CCC(=O)OC(F)C(F)C(F)C(F)OC)c1=O. The average Bonchev–Trinajstić information content (AvgIpc) is 3.08. The summed E-state index contributed by atoms with van der Waals surface area (Å²) in [4.78, 5) is 101. The van der Waals surface area contributed by atoms with Gasteiger partial charge in [-0.05, 0) is 0 Å². The normalized spacial score (nSPS) is 13.7. The highest BCUT2D eigenvalue weighted by atomic mass is 19.2. The van der Waals surface area contributed by atoms with Gasteiger partial charge in [-0.1, -0.05) is 6.08 Å². The van der Waals surface area contributed by atoms with E-state index in [4.69, 9.17) is 9.47 Å². The topological polar surface area (TPSA) is 223 Å². The summed E-state index contributed by atoms with van der Waals surface area (Å²) in [6.07, 6.45) is -13.1. The zero-order chi connectivity index (χ0) is 37.7. The molecule has 0 aliphatic carbocycles. The molecule has 2 rings (SSSR count). The maximum absolute atomic E-state index is 13.9. The number of hydrogen-bond donors (Lipinski definition) is 1. The Morgan fingerprint density at radius 1 is 0.660 bits per heavy atom. The van der Waals surface area contributed by atoms with Crippen LogP contribution < -0.4 is 34.1 Å². The molecule has 4 unspecified atom stereocenters. The number of nitrogens with zero attached hydrogens (tertiary/aromatic N) is 6. The first-order chi connectivity index (χ1) is 23.7. The second kappa shape index (κ2) is 19.3. The molecule has 0 aromatic carbocycles. The van der Waals surface area contributed by atoms with Crippen LogP contribution in [0.1, 0.15) is 12.8 Å². The predicted octanol–water partition coefficient (Wildman–Crippen LogP) is -3.04. The van der Waals surface area contributed by atoms with E-state index in [-0.39, 0.29) is 13.2 Å². The Kier molecular flexibility index (Phi) is 16.0. The summed E-state index contributed by atoms with van der Waals surface area (Å²) in [6.45, 7) is -1.08. The second-order valence-electron chi connectivity index (χ2n) is 10.1. The first kappa shape index (κ1) is 41.3. The van der Waals surface area contributed by atoms with Crippen LogP contribution in [-0.4, -0.2) is 104 Å². The highest BCUT2D eigenvalue weighted by Crippen LogP contribution is 2.19. The van der Waals surface area contributed by atoms with Crippen molar-refractivity contribution in [3.05, 3.63) is 75.6 Å². The smallest absolute Gasteiger partial charge is 0.336 e. The van der Waals surface area contributed by atoms with Gasteiger partial charge in [-0.3, -0.25) is 9.59 Å². The van der Waals surface area contributed by atoms with Crippen molar-refractivity contribution in [1.82, 2.24) is 27.4 Å². The molecule has 19 nitrogen and oxygen atoms in total. The summed E-state index contributed by atoms with van der Waals surface area (Å²) >= 11 is 0. The highest BCUT2D eigenvalue weighted by Gasteiger charge is 2.38. The fraction of sp³-hybridized carbons (Fsp3) is 0.630. The van der Waals surface area contributed by atoms with Gasteiger partial charge >= 0.3 is 46.1 Å². The summed E-state index contributed by atoms with van der Waals surface area (Å²) in [5.74, 6) is -2.62. The monoisotopic (exact) mass is 728 g/mol. The van der Waals surface area contributed by atoms with Crippen molar-refractivity contribution in [3.63, 3.8) is 0 Å². The number of alkyl halides is 4. The lowest BCUT2D eigenvalue weighted by atomic mass is 10.2. The van der Waals surface area contributed by atoms with Crippen molar-refractivity contribution in [2.45, 2.75) is 77.2 Å². The summed E-state index contributed by atoms with van der Waals surface area (Å²) in [5, 5.41) is 9.23. The third-order valence-corrected chi connectivity index (χ3v) is 6.86. The van der Waals surface area contributed by atoms with E-state index in [1.807, 2.05) is 0 Å². The van der Waals surface area contributed by atoms with E-state index in [9.17, 15) is 61.0 Å². The zero-order valence-electron chi connectivity index (χ0n) is 26.9. The number of carbonyl (C=O) groups excluding carboxylic acids is 2. The maximum atomic E-state index is 13.9. The molecule has 0 saturated carbocycles. The van der Waals surface area contributed by atoms with E-state index in [1.54, 1.807) is 0 Å². The fourth-order valence-corrected chi connectivity index (χ4v) is 4.29. The van der Waals surface area contributed by atoms with E-state index >= 15 is 0 Å². The molecule has 0 radical (unpaired) electrons. The molecule has 2 aromatic rings. The van der Waals surface area contributed by atoms with Gasteiger partial charge in [0.1, 0.15) is 6.61 Å². The number of allylic oxidation sites excluding steroid dienone is 1. The Balaban J connectivity index is 2.20. The first-order valence-corrected chi connectivity index (χ1v) is 14.7. The molecule has 0 bridgehead atoms. The van der Waals surface area contributed by atoms with Crippen molar-refractivity contribution in [2.75, 3.05) is 34.0 Å². The van der Waals surface area contributed by atoms with Crippen LogP contribution >= 0.6 is 0 Å². The molecule has 0 aliphatic heterocycles. The van der Waals surface area contributed by atoms with Gasteiger partial charge in [0.25, 0.3) is 6.36 Å². The molecule has 280 valence electrons. The molecule has 0 amide bonds. The average molecular weight is 729 g/mol. The highest BCUT2D eigenvalue weighted by molar-refractivity contribution is 5.69. The summed E-state index contributed by atoms with van der Waals surface area (Å²) in [7, 11) is 2.00. The Labute approximate surface area is 277 Å². The number of rotatable bonds is 21. The molecule has 0 spiro atoms. The summed E-state index contributed by atoms with van der Waals surface area (Å²) in [6, 6.07) is 0. The van der Waals surface area contributed by atoms with Gasteiger partial charge in [0.05, 0.1) is 52.2 Å². The van der Waals surface area contributed by atoms with Crippen molar-refractivity contribution >= 4 is 11.9 Å². The number of aliphatic hydroxyl groups is 1. The molecular weight excluding hydrogens is 692 g/mol. The van der Waals surface area contributed by atoms with Crippen LogP contribution in [0, 0.1) is 0 Å². The van der Waals surface area contributed by atoms with Crippen LogP contribution in [0.5, 0.6) is 0 Å². The Morgan fingerprint density at radius 3 is 1.54 bits per heavy atom. The molecular formula is C27H36F4N6O13. The Bertz CT molecular complexity index is 1860. The van der Waals surface area contributed by atoms with Crippen LogP contribution in [0.25, 0.3) is 0 Å². The molecule has 23 heteroatoms. The van der Waals surface area contributed by atoms with E-state index in [0.717, 1.165) is 6.08 Å². The molecule has 0 aliphatic rings. The van der Waals surface area contributed by atoms with Gasteiger partial charge in [0, 0.05) is 27.3 Å². The van der Waals surface area contributed by atoms with Crippen molar-refractivity contribution < 1.29 is 51.2 Å². The van der Waals surface area contributed by atoms with Gasteiger partial charge in [0.15, 0.2) is 6.17 Å². The van der Waals surface area contributed by atoms with Crippen LogP contribution in [-0.2, 0) is 67.8 Å². The van der Waals surface area contributed by atoms with Crippen LogP contribution in [0.15, 0.2) is 41.4 Å². The lowest BCUT2D eigenvalue weighted by Crippen LogP contribution is -2.55. The van der Waals surface area contributed by atoms with E-state index in [2.05, 4.69) is 16.1 Å². The van der Waals surface area contributed by atoms with Crippen LogP contribution in [0.2, 0.25) is 0 Å². The maximum Gasteiger partial charge on any atom is 0.336 e. The second-order valence-corrected chi connectivity index (χ2v) is 10.1. The molecule has 2 aromatic heterocycles. The van der Waals surface area contributed by atoms with Gasteiger partial charge in [-0.15, -0.1) is 6.58 Å². The summed E-state index contributed by atoms with van der Waals surface area (Å²) in [5.41, 5.74) is -6.90. The molecule has 0 saturated heterocycles. The minimum atomic E-state index is -3.28. The number of carbonyl (C=O) groups is 2. The molecule has 50 heavy (non-hydrogen) atoms. The Morgan fingerprint density at radius 2 is 1.08 bits per heavy atom. The summed E-state index contributed by atoms with van der Waals surface area (Å²) < 4.78 is 75.4. The molecule has 4 atom stereocenters. The lowest BCUT2D eigenvalue weighted by Gasteiger charge is -2.19. The van der Waals surface area contributed by atoms with E-state index in [0.29, 0.717) is 34.5 Å². The quantitative estimate of drug-likeness (QED) is 0.0768. The molecule has 2 heterocycles. The zero-order valence-corrected chi connectivity index (χ0v) is 26.9. The van der Waals surface area contributed by atoms with Gasteiger partial charge in [0.2, 0.25) is 12.5 Å². The van der Waals surface area contributed by atoms with Gasteiger partial charge in [-0.25, -0.2) is 69.3 Å². The van der Waals surface area contributed by atoms with Crippen molar-refractivity contribution in [1.29, 1.82) is 0 Å². The predicted molar refractivity (Wildman–Crippen MR) is 160 cm³/mol. The number of halogens is 4. The molecule has 0 fully saturated rings.